The van der Waals surface area contributed by atoms with Crippen molar-refractivity contribution in [3.8, 4) is 0 Å². The molecule has 3 N–H and O–H groups in total. The maximum Gasteiger partial charge on any atom is 0.315 e. The first kappa shape index (κ1) is 18.0. The van der Waals surface area contributed by atoms with Gasteiger partial charge < -0.3 is 20.5 Å². The lowest BCUT2D eigenvalue weighted by molar-refractivity contribution is 0.0290. The number of rotatable bonds is 5. The third-order valence-corrected chi connectivity index (χ3v) is 4.15. The minimum absolute atomic E-state index is 0.0191. The molecule has 5 nitrogen and oxygen atoms in total. The Bertz CT molecular complexity index is 562. The van der Waals surface area contributed by atoms with Crippen LogP contribution in [0.3, 0.4) is 0 Å². The first-order chi connectivity index (χ1) is 10.8. The molecule has 2 amide bonds. The number of carbonyl (C=O) groups is 1. The van der Waals surface area contributed by atoms with Crippen LogP contribution in [0.2, 0.25) is 5.02 Å². The van der Waals surface area contributed by atoms with Gasteiger partial charge in [-0.15, -0.1) is 0 Å². The fourth-order valence-electron chi connectivity index (χ4n) is 2.53. The van der Waals surface area contributed by atoms with Crippen molar-refractivity contribution < 1.29 is 19.0 Å². The summed E-state index contributed by atoms with van der Waals surface area (Å²) >= 11 is 5.77. The van der Waals surface area contributed by atoms with Gasteiger partial charge in [-0.3, -0.25) is 0 Å². The smallest absolute Gasteiger partial charge is 0.315 e. The quantitative estimate of drug-likeness (QED) is 0.769. The number of ether oxygens (including phenoxy) is 1. The van der Waals surface area contributed by atoms with E-state index in [9.17, 15) is 14.3 Å². The summed E-state index contributed by atoms with van der Waals surface area (Å²) in [5, 5.41) is 15.8. The summed E-state index contributed by atoms with van der Waals surface area (Å²) in [6.45, 7) is 4.54. The molecule has 0 radical (unpaired) electrons. The third kappa shape index (κ3) is 4.80. The standard InChI is InChI=1S/C16H22ClFN2O3/c1-10(2)14(12-4-3-11(17)7-13(12)18)20-15(21)19-8-16(22)5-6-23-9-16/h3-4,7,10,14,22H,5-6,8-9H2,1-2H3,(H2,19,20,21). The van der Waals surface area contributed by atoms with Crippen molar-refractivity contribution >= 4 is 17.6 Å². The number of amides is 2. The Labute approximate surface area is 140 Å². The molecule has 1 heterocycles. The van der Waals surface area contributed by atoms with Crippen LogP contribution in [-0.4, -0.2) is 36.5 Å². The molecule has 0 aromatic heterocycles. The van der Waals surface area contributed by atoms with Gasteiger partial charge in [0.25, 0.3) is 0 Å². The van der Waals surface area contributed by atoms with Crippen molar-refractivity contribution in [2.75, 3.05) is 19.8 Å². The van der Waals surface area contributed by atoms with Gasteiger partial charge in [-0.1, -0.05) is 31.5 Å². The summed E-state index contributed by atoms with van der Waals surface area (Å²) in [5.74, 6) is -0.478. The van der Waals surface area contributed by atoms with Crippen LogP contribution in [0, 0.1) is 11.7 Å². The summed E-state index contributed by atoms with van der Waals surface area (Å²) < 4.78 is 19.2. The zero-order valence-corrected chi connectivity index (χ0v) is 14.0. The Morgan fingerprint density at radius 2 is 2.26 bits per heavy atom. The molecule has 1 aromatic carbocycles. The maximum atomic E-state index is 14.1. The number of aliphatic hydroxyl groups is 1. The van der Waals surface area contributed by atoms with E-state index in [0.717, 1.165) is 0 Å². The van der Waals surface area contributed by atoms with E-state index in [1.807, 2.05) is 13.8 Å². The number of nitrogens with one attached hydrogen (secondary N) is 2. The zero-order valence-electron chi connectivity index (χ0n) is 13.2. The van der Waals surface area contributed by atoms with Gasteiger partial charge in [-0.25, -0.2) is 9.18 Å². The van der Waals surface area contributed by atoms with Crippen molar-refractivity contribution in [2.45, 2.75) is 31.9 Å². The number of hydrogen-bond donors (Lipinski definition) is 3. The van der Waals surface area contributed by atoms with Gasteiger partial charge in [-0.2, -0.15) is 0 Å². The Kier molecular flexibility index (Phi) is 5.84. The molecule has 0 bridgehead atoms. The highest BCUT2D eigenvalue weighted by Crippen LogP contribution is 2.26. The Morgan fingerprint density at radius 3 is 2.83 bits per heavy atom. The first-order valence-corrected chi connectivity index (χ1v) is 7.98. The number of carbonyl (C=O) groups excluding carboxylic acids is 1. The molecule has 0 saturated carbocycles. The van der Waals surface area contributed by atoms with Crippen LogP contribution < -0.4 is 10.6 Å². The van der Waals surface area contributed by atoms with Crippen LogP contribution >= 0.6 is 11.6 Å². The number of urea groups is 1. The van der Waals surface area contributed by atoms with Crippen molar-refractivity contribution in [2.24, 2.45) is 5.92 Å². The molecule has 0 aliphatic carbocycles. The number of halogens is 2. The van der Waals surface area contributed by atoms with Crippen LogP contribution in [0.25, 0.3) is 0 Å². The molecule has 23 heavy (non-hydrogen) atoms. The van der Waals surface area contributed by atoms with Gasteiger partial charge in [0.05, 0.1) is 19.2 Å². The van der Waals surface area contributed by atoms with E-state index in [-0.39, 0.29) is 19.1 Å². The van der Waals surface area contributed by atoms with E-state index < -0.39 is 23.5 Å². The summed E-state index contributed by atoms with van der Waals surface area (Å²) in [6.07, 6.45) is 0.479. The molecule has 2 atom stereocenters. The fourth-order valence-corrected chi connectivity index (χ4v) is 2.69. The third-order valence-electron chi connectivity index (χ3n) is 3.91. The SMILES string of the molecule is CC(C)C(NC(=O)NCC1(O)CCOC1)c1ccc(Cl)cc1F. The molecular weight excluding hydrogens is 323 g/mol. The molecule has 2 unspecified atom stereocenters. The predicted molar refractivity (Wildman–Crippen MR) is 85.9 cm³/mol. The minimum atomic E-state index is -1.03. The molecule has 1 aliphatic heterocycles. The second kappa shape index (κ2) is 7.47. The molecule has 128 valence electrons. The molecule has 1 saturated heterocycles. The topological polar surface area (TPSA) is 70.6 Å². The first-order valence-electron chi connectivity index (χ1n) is 7.60. The van der Waals surface area contributed by atoms with Crippen LogP contribution in [0.5, 0.6) is 0 Å². The molecular formula is C16H22ClFN2O3. The summed E-state index contributed by atoms with van der Waals surface area (Å²) in [7, 11) is 0. The highest BCUT2D eigenvalue weighted by Gasteiger charge is 2.33. The van der Waals surface area contributed by atoms with Gasteiger partial charge in [0.1, 0.15) is 11.4 Å². The average molecular weight is 345 g/mol. The monoisotopic (exact) mass is 344 g/mol. The van der Waals surface area contributed by atoms with E-state index in [4.69, 9.17) is 16.3 Å². The molecule has 0 spiro atoms. The highest BCUT2D eigenvalue weighted by atomic mass is 35.5. The number of benzene rings is 1. The van der Waals surface area contributed by atoms with Gasteiger partial charge in [0.15, 0.2) is 0 Å². The number of hydrogen-bond acceptors (Lipinski definition) is 3. The van der Waals surface area contributed by atoms with Crippen molar-refractivity contribution in [1.29, 1.82) is 0 Å². The maximum absolute atomic E-state index is 14.1. The largest absolute Gasteiger partial charge is 0.386 e. The second-order valence-corrected chi connectivity index (χ2v) is 6.68. The van der Waals surface area contributed by atoms with Crippen LogP contribution in [0.15, 0.2) is 18.2 Å². The Balaban J connectivity index is 2.00. The van der Waals surface area contributed by atoms with Crippen LogP contribution in [-0.2, 0) is 4.74 Å². The van der Waals surface area contributed by atoms with Gasteiger partial charge in [0, 0.05) is 23.6 Å². The van der Waals surface area contributed by atoms with E-state index in [1.54, 1.807) is 12.1 Å². The molecule has 7 heteroatoms. The zero-order chi connectivity index (χ0) is 17.0. The predicted octanol–water partition coefficient (Wildman–Crippen LogP) is 2.63. The molecule has 1 aliphatic rings. The van der Waals surface area contributed by atoms with Crippen LogP contribution in [0.1, 0.15) is 31.9 Å². The van der Waals surface area contributed by atoms with Crippen molar-refractivity contribution in [1.82, 2.24) is 10.6 Å². The highest BCUT2D eigenvalue weighted by molar-refractivity contribution is 6.30. The van der Waals surface area contributed by atoms with Crippen molar-refractivity contribution in [3.63, 3.8) is 0 Å². The van der Waals surface area contributed by atoms with E-state index in [2.05, 4.69) is 10.6 Å². The van der Waals surface area contributed by atoms with Crippen molar-refractivity contribution in [3.05, 3.63) is 34.6 Å². The average Bonchev–Trinajstić information content (AvgIpc) is 2.90. The molecule has 2 rings (SSSR count). The minimum Gasteiger partial charge on any atom is -0.386 e. The fraction of sp³-hybridized carbons (Fsp3) is 0.562. The summed E-state index contributed by atoms with van der Waals surface area (Å²) in [6, 6.07) is 3.43. The normalized spacial score (nSPS) is 22.2. The summed E-state index contributed by atoms with van der Waals surface area (Å²) in [5.41, 5.74) is -0.654. The second-order valence-electron chi connectivity index (χ2n) is 6.24. The summed E-state index contributed by atoms with van der Waals surface area (Å²) in [4.78, 5) is 12.1. The lowest BCUT2D eigenvalue weighted by atomic mass is 9.95. The molecule has 1 aromatic rings. The lowest BCUT2D eigenvalue weighted by Crippen LogP contribution is -2.48. The van der Waals surface area contributed by atoms with E-state index in [0.29, 0.717) is 23.6 Å². The molecule has 1 fully saturated rings. The van der Waals surface area contributed by atoms with Crippen LogP contribution in [0.4, 0.5) is 9.18 Å². The van der Waals surface area contributed by atoms with Gasteiger partial charge >= 0.3 is 6.03 Å². The Hall–Kier alpha value is -1.37. The Morgan fingerprint density at radius 1 is 1.52 bits per heavy atom. The van der Waals surface area contributed by atoms with Gasteiger partial charge in [-0.05, 0) is 18.1 Å². The van der Waals surface area contributed by atoms with Gasteiger partial charge in [0.2, 0.25) is 0 Å². The van der Waals surface area contributed by atoms with E-state index >= 15 is 0 Å². The van der Waals surface area contributed by atoms with E-state index in [1.165, 1.54) is 6.07 Å². The lowest BCUT2D eigenvalue weighted by Gasteiger charge is -2.25.